The van der Waals surface area contributed by atoms with Gasteiger partial charge in [0.1, 0.15) is 6.61 Å². The molecule has 0 unspecified atom stereocenters. The molecule has 3 aromatic carbocycles. The van der Waals surface area contributed by atoms with Gasteiger partial charge >= 0.3 is 0 Å². The van der Waals surface area contributed by atoms with Gasteiger partial charge in [-0.3, -0.25) is 34.7 Å². The Labute approximate surface area is 240 Å². The molecule has 11 nitrogen and oxygen atoms in total. The molecule has 39 heavy (non-hydrogen) atoms. The molecule has 3 aromatic rings. The number of nitro groups is 2. The Kier molecular flexibility index (Phi) is 8.81. The van der Waals surface area contributed by atoms with Gasteiger partial charge in [-0.25, -0.2) is 0 Å². The molecule has 2 amide bonds. The molecular formula is C26H20IN3O8S. The SMILES string of the molecule is CCOc1cc(/C=C2/SC(=O)N(Cc3ccc([N+](=O)[O-])cc3)C2=O)cc(I)c1OCc1ccc([N+](=O)[O-])cc1. The van der Waals surface area contributed by atoms with Gasteiger partial charge in [-0.2, -0.15) is 0 Å². The van der Waals surface area contributed by atoms with E-state index in [4.69, 9.17) is 9.47 Å². The number of halogens is 1. The zero-order chi connectivity index (χ0) is 28.1. The molecule has 0 atom stereocenters. The lowest BCUT2D eigenvalue weighted by Crippen LogP contribution is -2.27. The van der Waals surface area contributed by atoms with Gasteiger partial charge in [-0.15, -0.1) is 0 Å². The average molecular weight is 661 g/mol. The zero-order valence-electron chi connectivity index (χ0n) is 20.4. The van der Waals surface area contributed by atoms with Gasteiger partial charge in [0.2, 0.25) is 0 Å². The van der Waals surface area contributed by atoms with E-state index in [1.807, 2.05) is 6.92 Å². The zero-order valence-corrected chi connectivity index (χ0v) is 23.3. The monoisotopic (exact) mass is 661 g/mol. The standard InChI is InChI=1S/C26H20IN3O8S/c1-2-37-22-12-18(11-21(27)24(22)38-15-17-5-9-20(10-6-17)30(35)36)13-23-25(31)28(26(32)39-23)14-16-3-7-19(8-4-16)29(33)34/h3-13H,2,14-15H2,1H3/b23-13+. The highest BCUT2D eigenvalue weighted by molar-refractivity contribution is 14.1. The van der Waals surface area contributed by atoms with E-state index in [0.29, 0.717) is 32.8 Å². The molecule has 0 bridgehead atoms. The van der Waals surface area contributed by atoms with E-state index in [1.165, 1.54) is 36.4 Å². The van der Waals surface area contributed by atoms with Crippen molar-refractivity contribution in [3.05, 3.63) is 106 Å². The number of hydrogen-bond acceptors (Lipinski definition) is 9. The van der Waals surface area contributed by atoms with Gasteiger partial charge in [-0.05, 0) is 88.3 Å². The molecule has 13 heteroatoms. The van der Waals surface area contributed by atoms with Crippen LogP contribution in [0.25, 0.3) is 6.08 Å². The van der Waals surface area contributed by atoms with Crippen molar-refractivity contribution in [1.29, 1.82) is 0 Å². The van der Waals surface area contributed by atoms with E-state index < -0.39 is 21.0 Å². The van der Waals surface area contributed by atoms with Crippen LogP contribution in [-0.2, 0) is 17.9 Å². The van der Waals surface area contributed by atoms with Gasteiger partial charge in [0.25, 0.3) is 22.5 Å². The molecule has 0 N–H and O–H groups in total. The molecule has 4 rings (SSSR count). The lowest BCUT2D eigenvalue weighted by molar-refractivity contribution is -0.385. The van der Waals surface area contributed by atoms with E-state index in [-0.39, 0.29) is 29.4 Å². The quantitative estimate of drug-likeness (QED) is 0.106. The molecule has 0 radical (unpaired) electrons. The first kappa shape index (κ1) is 28.0. The van der Waals surface area contributed by atoms with Crippen LogP contribution in [0, 0.1) is 23.8 Å². The summed E-state index contributed by atoms with van der Waals surface area (Å²) in [5, 5.41) is 21.3. The van der Waals surface area contributed by atoms with E-state index in [1.54, 1.807) is 30.3 Å². The third-order valence-electron chi connectivity index (χ3n) is 5.52. The maximum atomic E-state index is 13.0. The Hall–Kier alpha value is -3.98. The van der Waals surface area contributed by atoms with Crippen LogP contribution in [0.3, 0.4) is 0 Å². The molecular weight excluding hydrogens is 641 g/mol. The second-order valence-electron chi connectivity index (χ2n) is 8.17. The van der Waals surface area contributed by atoms with Crippen LogP contribution in [-0.4, -0.2) is 32.5 Å². The highest BCUT2D eigenvalue weighted by Crippen LogP contribution is 2.38. The van der Waals surface area contributed by atoms with Crippen LogP contribution in [0.2, 0.25) is 0 Å². The van der Waals surface area contributed by atoms with Crippen molar-refractivity contribution in [1.82, 2.24) is 4.90 Å². The first-order valence-corrected chi connectivity index (χ1v) is 13.4. The molecule has 1 aliphatic rings. The Morgan fingerprint density at radius 3 is 2.08 bits per heavy atom. The second-order valence-corrected chi connectivity index (χ2v) is 10.3. The number of benzene rings is 3. The maximum Gasteiger partial charge on any atom is 0.293 e. The van der Waals surface area contributed by atoms with Crippen LogP contribution < -0.4 is 9.47 Å². The minimum absolute atomic E-state index is 0.00282. The van der Waals surface area contributed by atoms with Crippen LogP contribution in [0.5, 0.6) is 11.5 Å². The van der Waals surface area contributed by atoms with Crippen molar-refractivity contribution in [2.75, 3.05) is 6.61 Å². The summed E-state index contributed by atoms with van der Waals surface area (Å²) in [4.78, 5) is 47.6. The highest BCUT2D eigenvalue weighted by Gasteiger charge is 2.35. The van der Waals surface area contributed by atoms with Crippen molar-refractivity contribution in [2.24, 2.45) is 0 Å². The van der Waals surface area contributed by atoms with Crippen LogP contribution in [0.4, 0.5) is 16.2 Å². The molecule has 0 aliphatic carbocycles. The summed E-state index contributed by atoms with van der Waals surface area (Å²) in [6.45, 7) is 2.34. The fourth-order valence-electron chi connectivity index (χ4n) is 3.64. The Bertz CT molecular complexity index is 1480. The van der Waals surface area contributed by atoms with Crippen molar-refractivity contribution >= 4 is 62.9 Å². The molecule has 1 saturated heterocycles. The first-order chi connectivity index (χ1) is 18.7. The van der Waals surface area contributed by atoms with E-state index in [9.17, 15) is 29.8 Å². The third-order valence-corrected chi connectivity index (χ3v) is 7.23. The number of amides is 2. The molecule has 0 aromatic heterocycles. The molecule has 0 spiro atoms. The summed E-state index contributed by atoms with van der Waals surface area (Å²) >= 11 is 2.90. The molecule has 1 fully saturated rings. The van der Waals surface area contributed by atoms with E-state index in [0.717, 1.165) is 22.2 Å². The number of thioether (sulfide) groups is 1. The Morgan fingerprint density at radius 1 is 0.923 bits per heavy atom. The Balaban J connectivity index is 1.51. The van der Waals surface area contributed by atoms with Crippen LogP contribution in [0.15, 0.2) is 65.6 Å². The predicted octanol–water partition coefficient (Wildman–Crippen LogP) is 6.32. The molecule has 200 valence electrons. The lowest BCUT2D eigenvalue weighted by Gasteiger charge is -2.15. The van der Waals surface area contributed by atoms with Gasteiger partial charge in [0.15, 0.2) is 11.5 Å². The summed E-state index contributed by atoms with van der Waals surface area (Å²) in [5.41, 5.74) is 1.88. The van der Waals surface area contributed by atoms with Crippen molar-refractivity contribution < 1.29 is 28.9 Å². The van der Waals surface area contributed by atoms with Crippen molar-refractivity contribution in [3.63, 3.8) is 0 Å². The predicted molar refractivity (Wildman–Crippen MR) is 152 cm³/mol. The highest BCUT2D eigenvalue weighted by atomic mass is 127. The maximum absolute atomic E-state index is 13.0. The minimum Gasteiger partial charge on any atom is -0.490 e. The fourth-order valence-corrected chi connectivity index (χ4v) is 5.26. The molecule has 0 saturated carbocycles. The smallest absolute Gasteiger partial charge is 0.293 e. The van der Waals surface area contributed by atoms with Gasteiger partial charge in [0.05, 0.1) is 31.5 Å². The number of rotatable bonds is 10. The summed E-state index contributed by atoms with van der Waals surface area (Å²) in [7, 11) is 0. The van der Waals surface area contributed by atoms with Gasteiger partial charge < -0.3 is 9.47 Å². The minimum atomic E-state index is -0.517. The van der Waals surface area contributed by atoms with Crippen molar-refractivity contribution in [3.8, 4) is 11.5 Å². The second kappa shape index (κ2) is 12.3. The number of non-ortho nitro benzene ring substituents is 2. The van der Waals surface area contributed by atoms with Gasteiger partial charge in [-0.1, -0.05) is 12.1 Å². The topological polar surface area (TPSA) is 142 Å². The molecule has 1 heterocycles. The van der Waals surface area contributed by atoms with E-state index >= 15 is 0 Å². The summed E-state index contributed by atoms with van der Waals surface area (Å²) in [6.07, 6.45) is 1.60. The number of hydrogen-bond donors (Lipinski definition) is 0. The van der Waals surface area contributed by atoms with Crippen LogP contribution in [0.1, 0.15) is 23.6 Å². The third kappa shape index (κ3) is 6.72. The average Bonchev–Trinajstić information content (AvgIpc) is 3.16. The number of ether oxygens (including phenoxy) is 2. The first-order valence-electron chi connectivity index (χ1n) is 11.5. The number of nitro benzene ring substituents is 2. The Morgan fingerprint density at radius 2 is 1.51 bits per heavy atom. The normalized spacial score (nSPS) is 14.1. The summed E-state index contributed by atoms with van der Waals surface area (Å²) < 4.78 is 12.5. The largest absolute Gasteiger partial charge is 0.490 e. The van der Waals surface area contributed by atoms with Crippen molar-refractivity contribution in [2.45, 2.75) is 20.1 Å². The number of carbonyl (C=O) groups is 2. The lowest BCUT2D eigenvalue weighted by atomic mass is 10.1. The number of imide groups is 1. The van der Waals surface area contributed by atoms with E-state index in [2.05, 4.69) is 22.6 Å². The molecule has 1 aliphatic heterocycles. The van der Waals surface area contributed by atoms with Gasteiger partial charge in [0, 0.05) is 24.3 Å². The fraction of sp³-hybridized carbons (Fsp3) is 0.154. The number of nitrogens with zero attached hydrogens (tertiary/aromatic N) is 3. The van der Waals surface area contributed by atoms with Crippen LogP contribution >= 0.6 is 34.4 Å². The number of carbonyl (C=O) groups excluding carboxylic acids is 2. The summed E-state index contributed by atoms with van der Waals surface area (Å²) in [5.74, 6) is 0.469. The summed E-state index contributed by atoms with van der Waals surface area (Å²) in [6, 6.07) is 15.2.